The molecule has 0 amide bonds. The zero-order valence-electron chi connectivity index (χ0n) is 13.3. The fourth-order valence-corrected chi connectivity index (χ4v) is 2.71. The topological polar surface area (TPSA) is 68.2 Å². The molecule has 134 valence electrons. The van der Waals surface area contributed by atoms with E-state index >= 15 is 0 Å². The van der Waals surface area contributed by atoms with E-state index in [4.69, 9.17) is 9.47 Å². The van der Waals surface area contributed by atoms with Crippen molar-refractivity contribution in [1.82, 2.24) is 5.06 Å². The number of benzene rings is 1. The zero-order chi connectivity index (χ0) is 18.1. The van der Waals surface area contributed by atoms with Gasteiger partial charge in [0.15, 0.2) is 0 Å². The molecule has 0 bridgehead atoms. The Morgan fingerprint density at radius 2 is 1.96 bits per heavy atom. The minimum Gasteiger partial charge on any atom is -0.497 e. The van der Waals surface area contributed by atoms with Crippen LogP contribution in [0.5, 0.6) is 5.75 Å². The van der Waals surface area contributed by atoms with E-state index in [0.29, 0.717) is 11.3 Å². The molecular weight excluding hydrogens is 331 g/mol. The Kier molecular flexibility index (Phi) is 5.07. The van der Waals surface area contributed by atoms with Crippen LogP contribution in [0.15, 0.2) is 24.3 Å². The van der Waals surface area contributed by atoms with E-state index < -0.39 is 29.9 Å². The summed E-state index contributed by atoms with van der Waals surface area (Å²) in [6.07, 6.45) is -5.18. The molecule has 3 atom stereocenters. The van der Waals surface area contributed by atoms with Crippen LogP contribution in [-0.4, -0.2) is 48.9 Å². The van der Waals surface area contributed by atoms with E-state index in [2.05, 4.69) is 4.84 Å². The molecule has 0 saturated carbocycles. The van der Waals surface area contributed by atoms with Crippen LogP contribution in [0.1, 0.15) is 18.5 Å². The van der Waals surface area contributed by atoms with E-state index in [0.717, 1.165) is 5.06 Å². The average Bonchev–Trinajstić information content (AvgIpc) is 2.79. The first kappa shape index (κ1) is 18.5. The molecule has 1 fully saturated rings. The number of esters is 1. The van der Waals surface area contributed by atoms with Crippen LogP contribution in [0.3, 0.4) is 0 Å². The predicted octanol–water partition coefficient (Wildman–Crippen LogP) is 2.04. The molecule has 1 aromatic rings. The molecule has 24 heavy (non-hydrogen) atoms. The van der Waals surface area contributed by atoms with Crippen molar-refractivity contribution in [1.29, 1.82) is 0 Å². The quantitative estimate of drug-likeness (QED) is 0.839. The first-order valence-corrected chi connectivity index (χ1v) is 7.17. The summed E-state index contributed by atoms with van der Waals surface area (Å²) in [5.74, 6) is -6.35. The van der Waals surface area contributed by atoms with Gasteiger partial charge in [0.2, 0.25) is 0 Å². The number of nitrogens with zero attached hydrogens (tertiary/aromatic N) is 1. The second kappa shape index (κ2) is 6.58. The SMILES string of the molecule is CCOC(=O)[C@@H]1[C@@H](c2ccc(OC)cc2)N(C)O[C@]1(O)C(F)(F)F. The van der Waals surface area contributed by atoms with Crippen LogP contribution < -0.4 is 4.74 Å². The molecule has 0 radical (unpaired) electrons. The Bertz CT molecular complexity index is 592. The molecule has 2 rings (SSSR count). The third-order valence-corrected chi connectivity index (χ3v) is 3.82. The fraction of sp³-hybridized carbons (Fsp3) is 0.533. The van der Waals surface area contributed by atoms with Gasteiger partial charge in [-0.05, 0) is 24.6 Å². The molecular formula is C15H18F3NO5. The number of methoxy groups -OCH3 is 1. The maximum Gasteiger partial charge on any atom is 0.445 e. The number of rotatable bonds is 4. The van der Waals surface area contributed by atoms with Gasteiger partial charge in [-0.2, -0.15) is 18.2 Å². The summed E-state index contributed by atoms with van der Waals surface area (Å²) in [6.45, 7) is 1.34. The number of alkyl halides is 3. The van der Waals surface area contributed by atoms with Crippen LogP contribution in [0, 0.1) is 5.92 Å². The maximum absolute atomic E-state index is 13.3. The van der Waals surface area contributed by atoms with E-state index in [1.54, 1.807) is 0 Å². The van der Waals surface area contributed by atoms with E-state index in [9.17, 15) is 23.1 Å². The maximum atomic E-state index is 13.3. The highest BCUT2D eigenvalue weighted by Crippen LogP contribution is 2.51. The summed E-state index contributed by atoms with van der Waals surface area (Å²) < 4.78 is 49.8. The lowest BCUT2D eigenvalue weighted by molar-refractivity contribution is -0.400. The summed E-state index contributed by atoms with van der Waals surface area (Å²) in [6, 6.07) is 4.89. The zero-order valence-corrected chi connectivity index (χ0v) is 13.3. The first-order valence-electron chi connectivity index (χ1n) is 7.17. The highest BCUT2D eigenvalue weighted by atomic mass is 19.4. The van der Waals surface area contributed by atoms with Gasteiger partial charge in [0.05, 0.1) is 19.8 Å². The number of aliphatic hydroxyl groups is 1. The summed E-state index contributed by atoms with van der Waals surface area (Å²) in [7, 11) is 2.66. The molecule has 6 nitrogen and oxygen atoms in total. The molecule has 0 unspecified atom stereocenters. The Morgan fingerprint density at radius 3 is 2.42 bits per heavy atom. The number of hydrogen-bond donors (Lipinski definition) is 1. The third kappa shape index (κ3) is 3.06. The van der Waals surface area contributed by atoms with Gasteiger partial charge in [0, 0.05) is 7.05 Å². The fourth-order valence-electron chi connectivity index (χ4n) is 2.71. The van der Waals surface area contributed by atoms with Crippen molar-refractivity contribution >= 4 is 5.97 Å². The van der Waals surface area contributed by atoms with Crippen molar-refractivity contribution in [3.63, 3.8) is 0 Å². The number of halogens is 3. The van der Waals surface area contributed by atoms with Crippen molar-refractivity contribution < 1.29 is 37.4 Å². The van der Waals surface area contributed by atoms with Gasteiger partial charge in [-0.25, -0.2) is 0 Å². The predicted molar refractivity (Wildman–Crippen MR) is 75.7 cm³/mol. The minimum absolute atomic E-state index is 0.123. The highest BCUT2D eigenvalue weighted by molar-refractivity contribution is 5.75. The Balaban J connectivity index is 2.48. The Morgan fingerprint density at radius 1 is 1.38 bits per heavy atom. The van der Waals surface area contributed by atoms with Crippen LogP contribution >= 0.6 is 0 Å². The number of ether oxygens (including phenoxy) is 2. The van der Waals surface area contributed by atoms with E-state index in [1.165, 1.54) is 45.3 Å². The summed E-state index contributed by atoms with van der Waals surface area (Å²) in [5, 5.41) is 10.9. The van der Waals surface area contributed by atoms with E-state index in [1.807, 2.05) is 0 Å². The van der Waals surface area contributed by atoms with Gasteiger partial charge in [0.1, 0.15) is 11.7 Å². The first-order chi connectivity index (χ1) is 11.2. The van der Waals surface area contributed by atoms with Gasteiger partial charge in [-0.3, -0.25) is 9.63 Å². The van der Waals surface area contributed by atoms with Gasteiger partial charge < -0.3 is 14.6 Å². The van der Waals surface area contributed by atoms with Gasteiger partial charge in [0.25, 0.3) is 5.79 Å². The molecule has 1 heterocycles. The largest absolute Gasteiger partial charge is 0.497 e. The Hall–Kier alpha value is -1.84. The molecule has 1 aromatic carbocycles. The van der Waals surface area contributed by atoms with Crippen molar-refractivity contribution in [2.45, 2.75) is 24.9 Å². The Labute approximate surface area is 136 Å². The lowest BCUT2D eigenvalue weighted by Gasteiger charge is -2.29. The van der Waals surface area contributed by atoms with Gasteiger partial charge >= 0.3 is 12.1 Å². The second-order valence-corrected chi connectivity index (χ2v) is 5.28. The molecule has 1 N–H and O–H groups in total. The van der Waals surface area contributed by atoms with Crippen molar-refractivity contribution in [3.8, 4) is 5.75 Å². The monoisotopic (exact) mass is 349 g/mol. The summed E-state index contributed by atoms with van der Waals surface area (Å²) >= 11 is 0. The van der Waals surface area contributed by atoms with Crippen molar-refractivity contribution in [3.05, 3.63) is 29.8 Å². The molecule has 0 aliphatic carbocycles. The van der Waals surface area contributed by atoms with Crippen LogP contribution in [-0.2, 0) is 14.4 Å². The molecule has 0 spiro atoms. The highest BCUT2D eigenvalue weighted by Gasteiger charge is 2.71. The van der Waals surface area contributed by atoms with E-state index in [-0.39, 0.29) is 6.61 Å². The third-order valence-electron chi connectivity index (χ3n) is 3.82. The number of carbonyl (C=O) groups excluding carboxylic acids is 1. The second-order valence-electron chi connectivity index (χ2n) is 5.28. The smallest absolute Gasteiger partial charge is 0.445 e. The molecule has 1 saturated heterocycles. The molecule has 9 heteroatoms. The van der Waals surface area contributed by atoms with Gasteiger partial charge in [-0.15, -0.1) is 0 Å². The van der Waals surface area contributed by atoms with Crippen LogP contribution in [0.2, 0.25) is 0 Å². The number of carbonyl (C=O) groups is 1. The minimum atomic E-state index is -5.18. The number of hydrogen-bond acceptors (Lipinski definition) is 6. The van der Waals surface area contributed by atoms with Crippen LogP contribution in [0.4, 0.5) is 13.2 Å². The normalized spacial score (nSPS) is 28.0. The molecule has 1 aliphatic heterocycles. The van der Waals surface area contributed by atoms with Crippen LogP contribution in [0.25, 0.3) is 0 Å². The van der Waals surface area contributed by atoms with Gasteiger partial charge in [-0.1, -0.05) is 12.1 Å². The average molecular weight is 349 g/mol. The lowest BCUT2D eigenvalue weighted by Crippen LogP contribution is -2.53. The summed E-state index contributed by atoms with van der Waals surface area (Å²) in [5.41, 5.74) is 0.344. The lowest BCUT2D eigenvalue weighted by atomic mass is 9.87. The summed E-state index contributed by atoms with van der Waals surface area (Å²) in [4.78, 5) is 16.8. The standard InChI is InChI=1S/C15H18F3NO5/c1-4-23-13(20)11-12(9-5-7-10(22-3)8-6-9)19(2)24-14(11,21)15(16,17)18/h5-8,11-12,21H,4H2,1-3H3/t11-,12+,14-/m0/s1. The van der Waals surface area contributed by atoms with Crippen molar-refractivity contribution in [2.75, 3.05) is 20.8 Å². The molecule has 1 aliphatic rings. The number of hydroxylamine groups is 2. The van der Waals surface area contributed by atoms with Crippen molar-refractivity contribution in [2.24, 2.45) is 5.92 Å². The molecule has 0 aromatic heterocycles.